The second kappa shape index (κ2) is 1.66. The summed E-state index contributed by atoms with van der Waals surface area (Å²) in [6.07, 6.45) is 0. The third kappa shape index (κ3) is 0.940. The van der Waals surface area contributed by atoms with Gasteiger partial charge in [0, 0.05) is 35.2 Å². The highest BCUT2D eigenvalue weighted by Gasteiger charge is 2.08. The first-order valence-corrected chi connectivity index (χ1v) is 3.36. The highest BCUT2D eigenvalue weighted by atomic mass is 127. The fraction of sp³-hybridized carbons (Fsp3) is 1.00. The summed E-state index contributed by atoms with van der Waals surface area (Å²) in [6, 6.07) is 0. The van der Waals surface area contributed by atoms with Gasteiger partial charge in [0.15, 0.2) is 0 Å². The van der Waals surface area contributed by atoms with Crippen molar-refractivity contribution < 1.29 is 0 Å². The average Bonchev–Trinajstić information content (AvgIpc) is 1.30. The molecule has 0 aromatic heterocycles. The van der Waals surface area contributed by atoms with Gasteiger partial charge in [-0.1, -0.05) is 11.9 Å². The van der Waals surface area contributed by atoms with Gasteiger partial charge >= 0.3 is 0 Å². The summed E-state index contributed by atoms with van der Waals surface area (Å²) in [5, 5.41) is 0. The van der Waals surface area contributed by atoms with E-state index >= 15 is 0 Å². The molecule has 0 unspecified atom stereocenters. The molecule has 3 heteroatoms. The third-order valence-electron chi connectivity index (χ3n) is 0.498. The van der Waals surface area contributed by atoms with Gasteiger partial charge in [0.1, 0.15) is 0 Å². The highest BCUT2D eigenvalue weighted by Crippen LogP contribution is 2.24. The SMILES string of the molecule is IN1CCS1. The van der Waals surface area contributed by atoms with Crippen LogP contribution in [0.5, 0.6) is 0 Å². The van der Waals surface area contributed by atoms with Crippen LogP contribution >= 0.6 is 34.8 Å². The maximum atomic E-state index is 2.29. The number of rotatable bonds is 0. The molecule has 0 radical (unpaired) electrons. The summed E-state index contributed by atoms with van der Waals surface area (Å²) in [5.74, 6) is 1.32. The summed E-state index contributed by atoms with van der Waals surface area (Å²) >= 11 is 4.17. The van der Waals surface area contributed by atoms with Gasteiger partial charge in [-0.3, -0.25) is 0 Å². The van der Waals surface area contributed by atoms with Gasteiger partial charge in [0.2, 0.25) is 0 Å². The van der Waals surface area contributed by atoms with E-state index < -0.39 is 0 Å². The van der Waals surface area contributed by atoms with E-state index in [1.807, 2.05) is 11.9 Å². The van der Waals surface area contributed by atoms with Crippen molar-refractivity contribution in [2.24, 2.45) is 0 Å². The molecule has 0 aromatic carbocycles. The average molecular weight is 201 g/mol. The molecule has 1 heterocycles. The van der Waals surface area contributed by atoms with Crippen LogP contribution in [0.25, 0.3) is 0 Å². The molecule has 0 atom stereocenters. The first-order chi connectivity index (χ1) is 2.39. The lowest BCUT2D eigenvalue weighted by molar-refractivity contribution is 0.784. The standard InChI is InChI=1S/C2H4INS/c3-4-1-2-5-4/h1-2H2. The van der Waals surface area contributed by atoms with Crippen molar-refractivity contribution in [1.82, 2.24) is 2.52 Å². The molecule has 1 fully saturated rings. The van der Waals surface area contributed by atoms with E-state index in [9.17, 15) is 0 Å². The van der Waals surface area contributed by atoms with Crippen molar-refractivity contribution in [3.05, 3.63) is 0 Å². The minimum atomic E-state index is 1.27. The Morgan fingerprint density at radius 1 is 1.80 bits per heavy atom. The monoisotopic (exact) mass is 201 g/mol. The molecule has 30 valence electrons. The zero-order valence-electron chi connectivity index (χ0n) is 2.65. The lowest BCUT2D eigenvalue weighted by atomic mass is 10.8. The van der Waals surface area contributed by atoms with E-state index in [-0.39, 0.29) is 0 Å². The van der Waals surface area contributed by atoms with Gasteiger partial charge in [-0.15, -0.1) is 0 Å². The lowest BCUT2D eigenvalue weighted by Crippen LogP contribution is -2.17. The predicted octanol–water partition coefficient (Wildman–Crippen LogP) is 1.30. The van der Waals surface area contributed by atoms with Crippen molar-refractivity contribution in [2.75, 3.05) is 12.3 Å². The van der Waals surface area contributed by atoms with Crippen LogP contribution in [0.2, 0.25) is 0 Å². The Morgan fingerprint density at radius 3 is 2.20 bits per heavy atom. The molecule has 1 nitrogen and oxygen atoms in total. The summed E-state index contributed by atoms with van der Waals surface area (Å²) < 4.78 is 2.19. The lowest BCUT2D eigenvalue weighted by Gasteiger charge is -2.20. The van der Waals surface area contributed by atoms with E-state index in [1.54, 1.807) is 0 Å². The van der Waals surface area contributed by atoms with Crippen LogP contribution in [-0.2, 0) is 0 Å². The molecule has 1 saturated heterocycles. The van der Waals surface area contributed by atoms with Crippen LogP contribution < -0.4 is 0 Å². The second-order valence-corrected chi connectivity index (χ2v) is 3.80. The molecule has 0 aliphatic carbocycles. The van der Waals surface area contributed by atoms with Gasteiger partial charge in [-0.05, 0) is 0 Å². The fourth-order valence-corrected chi connectivity index (χ4v) is 1.66. The number of halogens is 1. The number of nitrogens with zero attached hydrogens (tertiary/aromatic N) is 1. The summed E-state index contributed by atoms with van der Waals surface area (Å²) in [7, 11) is 0. The summed E-state index contributed by atoms with van der Waals surface area (Å²) in [4.78, 5) is 0. The molecular weight excluding hydrogens is 197 g/mol. The van der Waals surface area contributed by atoms with Crippen LogP contribution in [0.4, 0.5) is 0 Å². The normalized spacial score (nSPS) is 25.8. The number of hydrogen-bond acceptors (Lipinski definition) is 2. The Labute approximate surface area is 49.7 Å². The van der Waals surface area contributed by atoms with E-state index in [0.29, 0.717) is 0 Å². The van der Waals surface area contributed by atoms with Crippen molar-refractivity contribution in [1.29, 1.82) is 0 Å². The zero-order valence-corrected chi connectivity index (χ0v) is 5.62. The van der Waals surface area contributed by atoms with E-state index in [2.05, 4.69) is 25.4 Å². The fourth-order valence-electron chi connectivity index (χ4n) is 0.160. The Morgan fingerprint density at radius 2 is 2.20 bits per heavy atom. The third-order valence-corrected chi connectivity index (χ3v) is 2.64. The van der Waals surface area contributed by atoms with Gasteiger partial charge < -0.3 is 0 Å². The largest absolute Gasteiger partial charge is 0.190 e. The Hall–Kier alpha value is 1.04. The minimum absolute atomic E-state index is 1.27. The summed E-state index contributed by atoms with van der Waals surface area (Å²) in [6.45, 7) is 1.27. The van der Waals surface area contributed by atoms with Crippen LogP contribution in [0.3, 0.4) is 0 Å². The van der Waals surface area contributed by atoms with Gasteiger partial charge in [0.25, 0.3) is 0 Å². The maximum absolute atomic E-state index is 2.29. The Balaban J connectivity index is 2.08. The van der Waals surface area contributed by atoms with Crippen molar-refractivity contribution in [2.45, 2.75) is 0 Å². The molecule has 1 rings (SSSR count). The van der Waals surface area contributed by atoms with Crippen molar-refractivity contribution in [3.63, 3.8) is 0 Å². The van der Waals surface area contributed by atoms with Crippen LogP contribution in [-0.4, -0.2) is 14.8 Å². The molecule has 5 heavy (non-hydrogen) atoms. The van der Waals surface area contributed by atoms with E-state index in [0.717, 1.165) is 0 Å². The van der Waals surface area contributed by atoms with E-state index in [4.69, 9.17) is 0 Å². The predicted molar refractivity (Wildman–Crippen MR) is 33.2 cm³/mol. The zero-order chi connectivity index (χ0) is 3.70. The first-order valence-electron chi connectivity index (χ1n) is 1.46. The molecule has 0 aromatic rings. The maximum Gasteiger partial charge on any atom is 0.0319 e. The molecule has 0 spiro atoms. The van der Waals surface area contributed by atoms with Crippen molar-refractivity contribution in [3.8, 4) is 0 Å². The van der Waals surface area contributed by atoms with Gasteiger partial charge in [-0.25, -0.2) is 0 Å². The van der Waals surface area contributed by atoms with Gasteiger partial charge in [-0.2, -0.15) is 2.52 Å². The Kier molecular flexibility index (Phi) is 1.40. The molecule has 1 aliphatic heterocycles. The second-order valence-electron chi connectivity index (χ2n) is 0.874. The van der Waals surface area contributed by atoms with Crippen LogP contribution in [0, 0.1) is 0 Å². The molecule has 1 aliphatic rings. The minimum Gasteiger partial charge on any atom is -0.190 e. The number of hydrogen-bond donors (Lipinski definition) is 0. The van der Waals surface area contributed by atoms with Crippen LogP contribution in [0.15, 0.2) is 0 Å². The van der Waals surface area contributed by atoms with Gasteiger partial charge in [0.05, 0.1) is 0 Å². The summed E-state index contributed by atoms with van der Waals surface area (Å²) in [5.41, 5.74) is 0. The van der Waals surface area contributed by atoms with E-state index in [1.165, 1.54) is 12.3 Å². The molecular formula is C2H4INS. The molecule has 0 saturated carbocycles. The smallest absolute Gasteiger partial charge is 0.0319 e. The Bertz CT molecular complexity index is 36.6. The van der Waals surface area contributed by atoms with Crippen LogP contribution in [0.1, 0.15) is 0 Å². The molecule has 0 bridgehead atoms. The van der Waals surface area contributed by atoms with Crippen molar-refractivity contribution >= 4 is 34.8 Å². The first kappa shape index (κ1) is 4.21. The molecule has 0 amide bonds. The highest BCUT2D eigenvalue weighted by molar-refractivity contribution is 14.1. The molecule has 0 N–H and O–H groups in total. The topological polar surface area (TPSA) is 3.24 Å². The quantitative estimate of drug-likeness (QED) is 0.330.